The average molecular weight is 265 g/mol. The first-order valence-corrected chi connectivity index (χ1v) is 7.05. The van der Waals surface area contributed by atoms with Crippen molar-refractivity contribution >= 4 is 5.82 Å². The molecule has 0 aromatic carbocycles. The van der Waals surface area contributed by atoms with Gasteiger partial charge in [0.15, 0.2) is 0 Å². The highest BCUT2D eigenvalue weighted by Gasteiger charge is 2.33. The minimum Gasteiger partial charge on any atom is -0.351 e. The summed E-state index contributed by atoms with van der Waals surface area (Å²) in [4.78, 5) is 6.65. The molecular formula is C15H24FN3. The van der Waals surface area contributed by atoms with E-state index in [1.165, 1.54) is 12.6 Å². The highest BCUT2D eigenvalue weighted by Crippen LogP contribution is 2.34. The van der Waals surface area contributed by atoms with E-state index in [4.69, 9.17) is 0 Å². The van der Waals surface area contributed by atoms with Crippen LogP contribution in [-0.4, -0.2) is 23.1 Å². The first kappa shape index (κ1) is 14.3. The van der Waals surface area contributed by atoms with Crippen LogP contribution in [0.1, 0.15) is 46.1 Å². The maximum absolute atomic E-state index is 13.4. The van der Waals surface area contributed by atoms with Crippen molar-refractivity contribution in [1.29, 1.82) is 0 Å². The first-order chi connectivity index (χ1) is 8.90. The predicted molar refractivity (Wildman–Crippen MR) is 76.8 cm³/mol. The second-order valence-electron chi connectivity index (χ2n) is 6.24. The van der Waals surface area contributed by atoms with Gasteiger partial charge in [0.2, 0.25) is 0 Å². The molecule has 1 aromatic rings. The van der Waals surface area contributed by atoms with Crippen LogP contribution in [-0.2, 0) is 6.54 Å². The molecule has 2 rings (SSSR count). The molecule has 0 unspecified atom stereocenters. The summed E-state index contributed by atoms with van der Waals surface area (Å²) in [6.07, 6.45) is 3.65. The van der Waals surface area contributed by atoms with Crippen LogP contribution in [0.5, 0.6) is 0 Å². The second kappa shape index (κ2) is 5.45. The Morgan fingerprint density at radius 3 is 2.79 bits per heavy atom. The van der Waals surface area contributed by atoms with Gasteiger partial charge in [0.25, 0.3) is 0 Å². The zero-order valence-corrected chi connectivity index (χ0v) is 12.3. The molecule has 1 fully saturated rings. The van der Waals surface area contributed by atoms with Gasteiger partial charge in [-0.15, -0.1) is 0 Å². The largest absolute Gasteiger partial charge is 0.351 e. The normalized spacial score (nSPS) is 18.3. The molecule has 19 heavy (non-hydrogen) atoms. The topological polar surface area (TPSA) is 28.2 Å². The molecule has 0 saturated carbocycles. The SMILES string of the molecule is CC(C)NCc1cc(F)cnc1N1CCCC1(C)C. The first-order valence-electron chi connectivity index (χ1n) is 7.05. The van der Waals surface area contributed by atoms with Crippen molar-refractivity contribution in [3.8, 4) is 0 Å². The highest BCUT2D eigenvalue weighted by molar-refractivity contribution is 5.50. The van der Waals surface area contributed by atoms with Gasteiger partial charge in [-0.25, -0.2) is 9.37 Å². The molecule has 0 spiro atoms. The lowest BCUT2D eigenvalue weighted by Gasteiger charge is -2.34. The predicted octanol–water partition coefficient (Wildman–Crippen LogP) is 3.10. The zero-order chi connectivity index (χ0) is 14.0. The summed E-state index contributed by atoms with van der Waals surface area (Å²) in [5.74, 6) is 0.665. The summed E-state index contributed by atoms with van der Waals surface area (Å²) in [5, 5.41) is 3.35. The molecule has 106 valence electrons. The van der Waals surface area contributed by atoms with E-state index in [1.807, 2.05) is 0 Å². The molecule has 4 heteroatoms. The van der Waals surface area contributed by atoms with Crippen LogP contribution < -0.4 is 10.2 Å². The van der Waals surface area contributed by atoms with Crippen LogP contribution in [0.2, 0.25) is 0 Å². The van der Waals surface area contributed by atoms with E-state index >= 15 is 0 Å². The van der Waals surface area contributed by atoms with Gasteiger partial charge in [0.1, 0.15) is 11.6 Å². The van der Waals surface area contributed by atoms with Crippen molar-refractivity contribution in [2.75, 3.05) is 11.4 Å². The average Bonchev–Trinajstić information content (AvgIpc) is 2.66. The fourth-order valence-electron chi connectivity index (χ4n) is 2.66. The number of nitrogens with zero attached hydrogens (tertiary/aromatic N) is 2. The van der Waals surface area contributed by atoms with Gasteiger partial charge in [0, 0.05) is 30.2 Å². The highest BCUT2D eigenvalue weighted by atomic mass is 19.1. The summed E-state index contributed by atoms with van der Waals surface area (Å²) in [7, 11) is 0. The lowest BCUT2D eigenvalue weighted by Crippen LogP contribution is -2.39. The molecule has 1 aromatic heterocycles. The number of aromatic nitrogens is 1. The standard InChI is InChI=1S/C15H24FN3/c1-11(2)17-9-12-8-13(16)10-18-14(12)19-7-5-6-15(19,3)4/h8,10-11,17H,5-7,9H2,1-4H3. The van der Waals surface area contributed by atoms with Crippen molar-refractivity contribution in [1.82, 2.24) is 10.3 Å². The third-order valence-electron chi connectivity index (χ3n) is 3.77. The monoisotopic (exact) mass is 265 g/mol. The number of hydrogen-bond donors (Lipinski definition) is 1. The summed E-state index contributed by atoms with van der Waals surface area (Å²) < 4.78 is 13.4. The molecule has 0 bridgehead atoms. The minimum absolute atomic E-state index is 0.109. The molecule has 2 heterocycles. The van der Waals surface area contributed by atoms with E-state index in [2.05, 4.69) is 42.9 Å². The molecule has 0 atom stereocenters. The summed E-state index contributed by atoms with van der Waals surface area (Å²) >= 11 is 0. The zero-order valence-electron chi connectivity index (χ0n) is 12.3. The molecule has 1 N–H and O–H groups in total. The molecule has 1 aliphatic heterocycles. The van der Waals surface area contributed by atoms with Gasteiger partial charge in [-0.2, -0.15) is 0 Å². The molecular weight excluding hydrogens is 241 g/mol. The fraction of sp³-hybridized carbons (Fsp3) is 0.667. The Balaban J connectivity index is 2.28. The van der Waals surface area contributed by atoms with Crippen LogP contribution >= 0.6 is 0 Å². The maximum Gasteiger partial charge on any atom is 0.141 e. The van der Waals surface area contributed by atoms with E-state index in [0.717, 1.165) is 24.3 Å². The fourth-order valence-corrected chi connectivity index (χ4v) is 2.66. The third-order valence-corrected chi connectivity index (χ3v) is 3.77. The van der Waals surface area contributed by atoms with Crippen LogP contribution in [0.3, 0.4) is 0 Å². The maximum atomic E-state index is 13.4. The molecule has 0 amide bonds. The number of hydrogen-bond acceptors (Lipinski definition) is 3. The smallest absolute Gasteiger partial charge is 0.141 e. The van der Waals surface area contributed by atoms with E-state index in [9.17, 15) is 4.39 Å². The van der Waals surface area contributed by atoms with Gasteiger partial charge >= 0.3 is 0 Å². The third kappa shape index (κ3) is 3.24. The quantitative estimate of drug-likeness (QED) is 0.906. The minimum atomic E-state index is -0.263. The van der Waals surface area contributed by atoms with E-state index in [0.29, 0.717) is 12.6 Å². The Bertz CT molecular complexity index is 443. The summed E-state index contributed by atoms with van der Waals surface area (Å²) in [5.41, 5.74) is 1.06. The molecule has 0 radical (unpaired) electrons. The molecule has 1 aliphatic rings. The number of nitrogens with one attached hydrogen (secondary N) is 1. The summed E-state index contributed by atoms with van der Waals surface area (Å²) in [6.45, 7) is 10.3. The Morgan fingerprint density at radius 2 is 2.21 bits per heavy atom. The molecule has 1 saturated heterocycles. The molecule has 0 aliphatic carbocycles. The Hall–Kier alpha value is -1.16. The van der Waals surface area contributed by atoms with Crippen LogP contribution in [0, 0.1) is 5.82 Å². The van der Waals surface area contributed by atoms with Gasteiger partial charge < -0.3 is 10.2 Å². The second-order valence-corrected chi connectivity index (χ2v) is 6.24. The van der Waals surface area contributed by atoms with Gasteiger partial charge in [-0.1, -0.05) is 13.8 Å². The van der Waals surface area contributed by atoms with Crippen LogP contribution in [0.15, 0.2) is 12.3 Å². The van der Waals surface area contributed by atoms with Gasteiger partial charge in [-0.3, -0.25) is 0 Å². The Labute approximate surface area is 115 Å². The summed E-state index contributed by atoms with van der Waals surface area (Å²) in [6, 6.07) is 1.98. The number of pyridine rings is 1. The van der Waals surface area contributed by atoms with Gasteiger partial charge in [-0.05, 0) is 32.8 Å². The van der Waals surface area contributed by atoms with Crippen molar-refractivity contribution in [2.45, 2.75) is 58.7 Å². The van der Waals surface area contributed by atoms with Crippen LogP contribution in [0.4, 0.5) is 10.2 Å². The van der Waals surface area contributed by atoms with Crippen molar-refractivity contribution < 1.29 is 4.39 Å². The van der Waals surface area contributed by atoms with E-state index in [-0.39, 0.29) is 11.4 Å². The van der Waals surface area contributed by atoms with Crippen molar-refractivity contribution in [3.63, 3.8) is 0 Å². The number of halogens is 1. The van der Waals surface area contributed by atoms with E-state index in [1.54, 1.807) is 6.07 Å². The Morgan fingerprint density at radius 1 is 1.47 bits per heavy atom. The van der Waals surface area contributed by atoms with E-state index < -0.39 is 0 Å². The Kier molecular flexibility index (Phi) is 4.09. The van der Waals surface area contributed by atoms with Crippen molar-refractivity contribution in [2.24, 2.45) is 0 Å². The van der Waals surface area contributed by atoms with Gasteiger partial charge in [0.05, 0.1) is 6.20 Å². The van der Waals surface area contributed by atoms with Crippen molar-refractivity contribution in [3.05, 3.63) is 23.6 Å². The lowest BCUT2D eigenvalue weighted by atomic mass is 10.0. The number of anilines is 1. The lowest BCUT2D eigenvalue weighted by molar-refractivity contribution is 0.508. The number of rotatable bonds is 4. The van der Waals surface area contributed by atoms with Crippen LogP contribution in [0.25, 0.3) is 0 Å². The molecule has 3 nitrogen and oxygen atoms in total.